The van der Waals surface area contributed by atoms with E-state index in [4.69, 9.17) is 4.42 Å². The highest BCUT2D eigenvalue weighted by Crippen LogP contribution is 2.27. The van der Waals surface area contributed by atoms with Crippen molar-refractivity contribution in [3.8, 4) is 0 Å². The summed E-state index contributed by atoms with van der Waals surface area (Å²) in [5.41, 5.74) is 0. The molecule has 1 atom stereocenters. The number of carbonyl (C=O) groups excluding carboxylic acids is 1. The van der Waals surface area contributed by atoms with Crippen LogP contribution >= 0.6 is 0 Å². The molecule has 0 bridgehead atoms. The maximum atomic E-state index is 11.3. The Morgan fingerprint density at radius 3 is 2.47 bits per heavy atom. The quantitative estimate of drug-likeness (QED) is 0.586. The summed E-state index contributed by atoms with van der Waals surface area (Å²) < 4.78 is 11.1. The largest absolute Gasteiger partial charge is 0.463 e. The number of nitrogens with zero attached hydrogens (tertiary/aromatic N) is 1. The lowest BCUT2D eigenvalue weighted by Crippen LogP contribution is -2.45. The Morgan fingerprint density at radius 2 is 2.00 bits per heavy atom. The number of carbonyl (C=O) groups is 1. The second kappa shape index (κ2) is 5.36. The minimum Gasteiger partial charge on any atom is -0.463 e. The number of esters is 1. The van der Waals surface area contributed by atoms with Crippen molar-refractivity contribution in [2.75, 3.05) is 27.2 Å². The maximum absolute atomic E-state index is 11.3. The molecule has 0 amide bonds. The molecule has 1 aromatic heterocycles. The van der Waals surface area contributed by atoms with E-state index in [0.717, 1.165) is 23.3 Å². The minimum absolute atomic E-state index is 0.225. The fourth-order valence-corrected chi connectivity index (χ4v) is 1.87. The Balaban J connectivity index is 2.93. The van der Waals surface area contributed by atoms with E-state index in [1.54, 1.807) is 6.07 Å². The molecule has 96 valence electrons. The predicted octanol–water partition coefficient (Wildman–Crippen LogP) is 2.61. The van der Waals surface area contributed by atoms with E-state index in [0.29, 0.717) is 0 Å². The van der Waals surface area contributed by atoms with E-state index in [1.807, 2.05) is 6.07 Å². The minimum atomic E-state index is -0.425. The summed E-state index contributed by atoms with van der Waals surface area (Å²) in [4.78, 5) is 11.3. The number of furan rings is 1. The number of ether oxygens (including phenoxy) is 1. The third-order valence-electron chi connectivity index (χ3n) is 3.80. The first-order valence-corrected chi connectivity index (χ1v) is 6.00. The van der Waals surface area contributed by atoms with Gasteiger partial charge in [-0.05, 0) is 32.9 Å². The van der Waals surface area contributed by atoms with Gasteiger partial charge in [-0.3, -0.25) is 0 Å². The lowest BCUT2D eigenvalue weighted by atomic mass is 10.2. The molecule has 1 aromatic rings. The molecule has 0 aliphatic carbocycles. The van der Waals surface area contributed by atoms with Crippen LogP contribution in [-0.4, -0.2) is 37.7 Å². The zero-order chi connectivity index (χ0) is 13.1. The van der Waals surface area contributed by atoms with Crippen molar-refractivity contribution in [1.82, 2.24) is 0 Å². The van der Waals surface area contributed by atoms with Gasteiger partial charge in [-0.1, -0.05) is 0 Å². The third-order valence-corrected chi connectivity index (χ3v) is 3.80. The molecule has 0 aliphatic rings. The third kappa shape index (κ3) is 2.69. The van der Waals surface area contributed by atoms with Gasteiger partial charge in [0.2, 0.25) is 5.76 Å². The monoisotopic (exact) mass is 240 g/mol. The first kappa shape index (κ1) is 13.8. The van der Waals surface area contributed by atoms with E-state index in [-0.39, 0.29) is 11.8 Å². The van der Waals surface area contributed by atoms with Crippen LogP contribution < -0.4 is 0 Å². The van der Waals surface area contributed by atoms with Crippen molar-refractivity contribution >= 4 is 5.97 Å². The van der Waals surface area contributed by atoms with Crippen LogP contribution in [0.5, 0.6) is 0 Å². The van der Waals surface area contributed by atoms with Crippen LogP contribution in [-0.2, 0) is 4.74 Å². The van der Waals surface area contributed by atoms with Gasteiger partial charge in [-0.25, -0.2) is 4.79 Å². The fraction of sp³-hybridized carbons (Fsp3) is 0.615. The number of hydrogen-bond donors (Lipinski definition) is 0. The van der Waals surface area contributed by atoms with Gasteiger partial charge in [-0.2, -0.15) is 0 Å². The molecular formula is C13H22NO3+. The maximum Gasteiger partial charge on any atom is 0.373 e. The van der Waals surface area contributed by atoms with Gasteiger partial charge in [0, 0.05) is 0 Å². The van der Waals surface area contributed by atoms with Crippen molar-refractivity contribution in [3.05, 3.63) is 23.7 Å². The Morgan fingerprint density at radius 1 is 1.41 bits per heavy atom. The Labute approximate surface area is 103 Å². The van der Waals surface area contributed by atoms with Crippen LogP contribution in [0.2, 0.25) is 0 Å². The smallest absolute Gasteiger partial charge is 0.373 e. The molecular weight excluding hydrogens is 218 g/mol. The molecule has 0 radical (unpaired) electrons. The summed E-state index contributed by atoms with van der Waals surface area (Å²) in [6.45, 7) is 8.47. The van der Waals surface area contributed by atoms with Crippen LogP contribution in [0.25, 0.3) is 0 Å². The topological polar surface area (TPSA) is 39.4 Å². The number of quaternary nitrogens is 1. The molecule has 17 heavy (non-hydrogen) atoms. The van der Waals surface area contributed by atoms with Crippen LogP contribution in [0.3, 0.4) is 0 Å². The molecule has 0 saturated heterocycles. The van der Waals surface area contributed by atoms with E-state index < -0.39 is 5.97 Å². The van der Waals surface area contributed by atoms with Crippen LogP contribution in [0, 0.1) is 0 Å². The molecule has 1 rings (SSSR count). The van der Waals surface area contributed by atoms with E-state index in [2.05, 4.69) is 32.6 Å². The van der Waals surface area contributed by atoms with Crippen LogP contribution in [0.4, 0.5) is 0 Å². The summed E-state index contributed by atoms with van der Waals surface area (Å²) in [7, 11) is 3.54. The first-order valence-electron chi connectivity index (χ1n) is 6.00. The Bertz CT molecular complexity index is 380. The Kier molecular flexibility index (Phi) is 4.34. The van der Waals surface area contributed by atoms with Crippen LogP contribution in [0.15, 0.2) is 16.5 Å². The molecule has 0 spiro atoms. The summed E-state index contributed by atoms with van der Waals surface area (Å²) in [6.07, 6.45) is 0. The van der Waals surface area contributed by atoms with Crippen LogP contribution in [0.1, 0.15) is 43.1 Å². The van der Waals surface area contributed by atoms with Crippen molar-refractivity contribution in [2.45, 2.75) is 26.8 Å². The highest BCUT2D eigenvalue weighted by Gasteiger charge is 2.30. The van der Waals surface area contributed by atoms with Gasteiger partial charge < -0.3 is 13.6 Å². The molecule has 0 saturated carbocycles. The molecule has 1 heterocycles. The zero-order valence-electron chi connectivity index (χ0n) is 11.3. The average molecular weight is 240 g/mol. The van der Waals surface area contributed by atoms with Crippen molar-refractivity contribution < 1.29 is 18.4 Å². The van der Waals surface area contributed by atoms with Crippen molar-refractivity contribution in [3.63, 3.8) is 0 Å². The molecule has 0 fully saturated rings. The SMILES string of the molecule is CC[N+](C)(CC)C(C)c1ccc(C(=O)OC)o1. The molecule has 0 aromatic carbocycles. The van der Waals surface area contributed by atoms with E-state index in [9.17, 15) is 4.79 Å². The van der Waals surface area contributed by atoms with Gasteiger partial charge in [0.25, 0.3) is 0 Å². The van der Waals surface area contributed by atoms with E-state index in [1.165, 1.54) is 7.11 Å². The van der Waals surface area contributed by atoms with Gasteiger partial charge in [0.1, 0.15) is 6.04 Å². The van der Waals surface area contributed by atoms with Gasteiger partial charge in [-0.15, -0.1) is 0 Å². The summed E-state index contributed by atoms with van der Waals surface area (Å²) in [6, 6.07) is 3.76. The number of methoxy groups -OCH3 is 1. The molecule has 0 aliphatic heterocycles. The van der Waals surface area contributed by atoms with Gasteiger partial charge in [0.15, 0.2) is 5.76 Å². The normalized spacial score (nSPS) is 13.5. The number of hydrogen-bond acceptors (Lipinski definition) is 3. The highest BCUT2D eigenvalue weighted by molar-refractivity contribution is 5.86. The molecule has 0 N–H and O–H groups in total. The zero-order valence-corrected chi connectivity index (χ0v) is 11.3. The molecule has 4 heteroatoms. The fourth-order valence-electron chi connectivity index (χ4n) is 1.87. The second-order valence-corrected chi connectivity index (χ2v) is 4.48. The first-order chi connectivity index (χ1) is 7.98. The van der Waals surface area contributed by atoms with E-state index >= 15 is 0 Å². The highest BCUT2D eigenvalue weighted by atomic mass is 16.5. The predicted molar refractivity (Wildman–Crippen MR) is 65.7 cm³/mol. The summed E-state index contributed by atoms with van der Waals surface area (Å²) >= 11 is 0. The summed E-state index contributed by atoms with van der Waals surface area (Å²) in [5, 5.41) is 0. The number of rotatable bonds is 5. The molecule has 4 nitrogen and oxygen atoms in total. The standard InChI is InChI=1S/C13H22NO3/c1-6-14(4,7-2)10(3)11-8-9-12(17-11)13(15)16-5/h8-10H,6-7H2,1-5H3/q+1. The lowest BCUT2D eigenvalue weighted by molar-refractivity contribution is -0.935. The van der Waals surface area contributed by atoms with Gasteiger partial charge >= 0.3 is 5.97 Å². The van der Waals surface area contributed by atoms with Gasteiger partial charge in [0.05, 0.1) is 27.2 Å². The molecule has 1 unspecified atom stereocenters. The Hall–Kier alpha value is -1.29. The van der Waals surface area contributed by atoms with Crippen molar-refractivity contribution in [2.24, 2.45) is 0 Å². The second-order valence-electron chi connectivity index (χ2n) is 4.48. The summed E-state index contributed by atoms with van der Waals surface area (Å²) in [5.74, 6) is 0.676. The van der Waals surface area contributed by atoms with Crippen molar-refractivity contribution in [1.29, 1.82) is 0 Å². The average Bonchev–Trinajstić information content (AvgIpc) is 2.85. The lowest BCUT2D eigenvalue weighted by Gasteiger charge is -2.37.